The molecule has 1 N–H and O–H groups in total. The normalized spacial score (nSPS) is 14.3. The fourth-order valence-corrected chi connectivity index (χ4v) is 3.33. The van der Waals surface area contributed by atoms with Crippen molar-refractivity contribution in [1.29, 1.82) is 0 Å². The largest absolute Gasteiger partial charge is 0.339 e. The second-order valence-corrected chi connectivity index (χ2v) is 7.44. The van der Waals surface area contributed by atoms with Crippen LogP contribution in [0.1, 0.15) is 36.5 Å². The summed E-state index contributed by atoms with van der Waals surface area (Å²) in [5.41, 5.74) is 0.381. The van der Waals surface area contributed by atoms with Gasteiger partial charge in [-0.1, -0.05) is 24.8 Å². The van der Waals surface area contributed by atoms with Crippen LogP contribution >= 0.6 is 0 Å². The maximum Gasteiger partial charge on any atom is 0.253 e. The Hall–Kier alpha value is -1.84. The minimum Gasteiger partial charge on any atom is -0.339 e. The minimum atomic E-state index is -3.69. The van der Waals surface area contributed by atoms with Gasteiger partial charge in [0.15, 0.2) is 0 Å². The van der Waals surface area contributed by atoms with Gasteiger partial charge in [-0.2, -0.15) is 4.72 Å². The Morgan fingerprint density at radius 1 is 1.43 bits per heavy atom. The lowest BCUT2D eigenvalue weighted by atomic mass is 10.2. The van der Waals surface area contributed by atoms with E-state index in [1.165, 1.54) is 25.0 Å². The molecule has 124 valence electrons. The van der Waals surface area contributed by atoms with E-state index < -0.39 is 10.0 Å². The first-order valence-electron chi connectivity index (χ1n) is 7.80. The summed E-state index contributed by atoms with van der Waals surface area (Å²) in [6, 6.07) is 6.08. The van der Waals surface area contributed by atoms with Gasteiger partial charge in [-0.05, 0) is 37.5 Å². The molecule has 1 aliphatic rings. The third-order valence-electron chi connectivity index (χ3n) is 3.93. The summed E-state index contributed by atoms with van der Waals surface area (Å²) in [4.78, 5) is 14.4. The van der Waals surface area contributed by atoms with Crippen molar-refractivity contribution < 1.29 is 13.2 Å². The van der Waals surface area contributed by atoms with Crippen LogP contribution in [0.5, 0.6) is 0 Å². The molecule has 2 rings (SSSR count). The molecule has 1 fully saturated rings. The summed E-state index contributed by atoms with van der Waals surface area (Å²) >= 11 is 0. The summed E-state index contributed by atoms with van der Waals surface area (Å²) in [5, 5.41) is 0. The van der Waals surface area contributed by atoms with Crippen LogP contribution in [0.15, 0.2) is 29.2 Å². The quantitative estimate of drug-likeness (QED) is 0.738. The molecule has 0 unspecified atom stereocenters. The van der Waals surface area contributed by atoms with Crippen molar-refractivity contribution in [2.75, 3.05) is 19.6 Å². The van der Waals surface area contributed by atoms with E-state index >= 15 is 0 Å². The van der Waals surface area contributed by atoms with Gasteiger partial charge in [0.2, 0.25) is 10.0 Å². The molecular weight excluding hydrogens is 312 g/mol. The molecular formula is C17H22N2O3S. The molecule has 1 saturated carbocycles. The maximum absolute atomic E-state index is 12.6. The molecule has 0 saturated heterocycles. The van der Waals surface area contributed by atoms with Gasteiger partial charge in [-0.3, -0.25) is 4.79 Å². The number of nitrogens with zero attached hydrogens (tertiary/aromatic N) is 1. The molecule has 0 spiro atoms. The highest BCUT2D eigenvalue weighted by atomic mass is 32.2. The summed E-state index contributed by atoms with van der Waals surface area (Å²) < 4.78 is 26.5. The van der Waals surface area contributed by atoms with Crippen LogP contribution in [0.25, 0.3) is 0 Å². The number of hydrogen-bond acceptors (Lipinski definition) is 3. The van der Waals surface area contributed by atoms with Crippen molar-refractivity contribution in [3.8, 4) is 12.3 Å². The number of rotatable bonds is 8. The molecule has 1 aromatic rings. The number of carbonyl (C=O) groups excluding carboxylic acids is 1. The number of carbonyl (C=O) groups is 1. The van der Waals surface area contributed by atoms with Gasteiger partial charge in [0, 0.05) is 18.7 Å². The molecule has 0 bridgehead atoms. The first-order chi connectivity index (χ1) is 11.0. The third kappa shape index (κ3) is 4.81. The Kier molecular flexibility index (Phi) is 5.80. The summed E-state index contributed by atoms with van der Waals surface area (Å²) in [6.45, 7) is 3.17. The van der Waals surface area contributed by atoms with Crippen LogP contribution in [0.3, 0.4) is 0 Å². The zero-order valence-electron chi connectivity index (χ0n) is 13.3. The Morgan fingerprint density at radius 2 is 2.17 bits per heavy atom. The van der Waals surface area contributed by atoms with Crippen LogP contribution in [0, 0.1) is 18.3 Å². The van der Waals surface area contributed by atoms with Crippen molar-refractivity contribution in [2.45, 2.75) is 31.1 Å². The average Bonchev–Trinajstić information content (AvgIpc) is 3.38. The van der Waals surface area contributed by atoms with Gasteiger partial charge in [-0.25, -0.2) is 8.42 Å². The minimum absolute atomic E-state index is 0.0526. The van der Waals surface area contributed by atoms with Crippen LogP contribution in [0.2, 0.25) is 0 Å². The van der Waals surface area contributed by atoms with Crippen LogP contribution in [-0.4, -0.2) is 38.9 Å². The molecule has 0 aliphatic heterocycles. The molecule has 0 heterocycles. The molecule has 0 aromatic heterocycles. The topological polar surface area (TPSA) is 66.5 Å². The number of terminal acetylenes is 1. The zero-order valence-corrected chi connectivity index (χ0v) is 14.1. The number of amides is 1. The lowest BCUT2D eigenvalue weighted by Gasteiger charge is -2.21. The van der Waals surface area contributed by atoms with E-state index in [0.717, 1.165) is 12.3 Å². The molecule has 1 aliphatic carbocycles. The summed E-state index contributed by atoms with van der Waals surface area (Å²) in [7, 11) is -3.69. The molecule has 1 aromatic carbocycles. The van der Waals surface area contributed by atoms with E-state index in [1.54, 1.807) is 17.0 Å². The van der Waals surface area contributed by atoms with Crippen molar-refractivity contribution in [3.63, 3.8) is 0 Å². The SMILES string of the molecule is C#CCNS(=O)(=O)c1cccc(C(=O)N(CC)CCC2CC2)c1. The van der Waals surface area contributed by atoms with Crippen molar-refractivity contribution in [3.05, 3.63) is 29.8 Å². The summed E-state index contributed by atoms with van der Waals surface area (Å²) in [6.07, 6.45) is 8.59. The van der Waals surface area contributed by atoms with E-state index in [0.29, 0.717) is 18.7 Å². The molecule has 1 amide bonds. The van der Waals surface area contributed by atoms with Gasteiger partial charge in [-0.15, -0.1) is 6.42 Å². The highest BCUT2D eigenvalue weighted by molar-refractivity contribution is 7.89. The second kappa shape index (κ2) is 7.62. The lowest BCUT2D eigenvalue weighted by Crippen LogP contribution is -2.32. The summed E-state index contributed by atoms with van der Waals surface area (Å²) in [5.74, 6) is 2.84. The van der Waals surface area contributed by atoms with E-state index in [1.807, 2.05) is 6.92 Å². The van der Waals surface area contributed by atoms with Gasteiger partial charge in [0.1, 0.15) is 0 Å². The first kappa shape index (κ1) is 17.5. The predicted octanol–water partition coefficient (Wildman–Crippen LogP) is 1.86. The van der Waals surface area contributed by atoms with Crippen molar-refractivity contribution in [2.24, 2.45) is 5.92 Å². The monoisotopic (exact) mass is 334 g/mol. The van der Waals surface area contributed by atoms with Gasteiger partial charge in [0.05, 0.1) is 11.4 Å². The Bertz CT molecular complexity index is 703. The van der Waals surface area contributed by atoms with Crippen LogP contribution in [0.4, 0.5) is 0 Å². The Morgan fingerprint density at radius 3 is 2.78 bits per heavy atom. The zero-order chi connectivity index (χ0) is 16.9. The highest BCUT2D eigenvalue weighted by Gasteiger charge is 2.24. The third-order valence-corrected chi connectivity index (χ3v) is 5.33. The van der Waals surface area contributed by atoms with Crippen molar-refractivity contribution in [1.82, 2.24) is 9.62 Å². The van der Waals surface area contributed by atoms with E-state index in [4.69, 9.17) is 6.42 Å². The fraction of sp³-hybridized carbons (Fsp3) is 0.471. The lowest BCUT2D eigenvalue weighted by molar-refractivity contribution is 0.0760. The first-order valence-corrected chi connectivity index (χ1v) is 9.28. The molecule has 0 radical (unpaired) electrons. The maximum atomic E-state index is 12.6. The average molecular weight is 334 g/mol. The molecule has 23 heavy (non-hydrogen) atoms. The Balaban J connectivity index is 2.13. The van der Waals surface area contributed by atoms with Crippen molar-refractivity contribution >= 4 is 15.9 Å². The number of hydrogen-bond donors (Lipinski definition) is 1. The molecule has 6 heteroatoms. The number of benzene rings is 1. The highest BCUT2D eigenvalue weighted by Crippen LogP contribution is 2.32. The predicted molar refractivity (Wildman–Crippen MR) is 89.4 cm³/mol. The van der Waals surface area contributed by atoms with Gasteiger partial charge < -0.3 is 4.90 Å². The smallest absolute Gasteiger partial charge is 0.253 e. The second-order valence-electron chi connectivity index (χ2n) is 5.67. The molecule has 0 atom stereocenters. The number of nitrogens with one attached hydrogen (secondary N) is 1. The number of sulfonamides is 1. The van der Waals surface area contributed by atoms with Crippen LogP contribution in [-0.2, 0) is 10.0 Å². The van der Waals surface area contributed by atoms with E-state index in [2.05, 4.69) is 10.6 Å². The standard InChI is InChI=1S/C17H22N2O3S/c1-3-11-18-23(21,22)16-7-5-6-15(13-16)17(20)19(4-2)12-10-14-8-9-14/h1,5-7,13-14,18H,4,8-12H2,2H3. The van der Waals surface area contributed by atoms with Gasteiger partial charge >= 0.3 is 0 Å². The van der Waals surface area contributed by atoms with E-state index in [9.17, 15) is 13.2 Å². The van der Waals surface area contributed by atoms with Gasteiger partial charge in [0.25, 0.3) is 5.91 Å². The van der Waals surface area contributed by atoms with E-state index in [-0.39, 0.29) is 17.3 Å². The fourth-order valence-electron chi connectivity index (χ4n) is 2.35. The van der Waals surface area contributed by atoms with Crippen LogP contribution < -0.4 is 4.72 Å². The molecule has 5 nitrogen and oxygen atoms in total. The Labute approximate surface area is 138 Å².